The van der Waals surface area contributed by atoms with E-state index < -0.39 is 25.7 Å². The van der Waals surface area contributed by atoms with Gasteiger partial charge in [-0.05, 0) is 0 Å². The molecule has 0 rings (SSSR count). The molecule has 0 aromatic rings. The maximum absolute atomic E-state index is 9.25. The van der Waals surface area contributed by atoms with Crippen LogP contribution >= 0.6 is 0 Å². The zero-order valence-corrected chi connectivity index (χ0v) is 16.5. The summed E-state index contributed by atoms with van der Waals surface area (Å²) in [6.45, 7) is 24.9. The van der Waals surface area contributed by atoms with Crippen molar-refractivity contribution in [3.8, 4) is 0 Å². The Kier molecular flexibility index (Phi) is 7.87. The summed E-state index contributed by atoms with van der Waals surface area (Å²) in [5, 5.41) is 7.60. The molecule has 1 radical (unpaired) electrons. The monoisotopic (exact) mass is 363 g/mol. The summed E-state index contributed by atoms with van der Waals surface area (Å²) < 4.78 is 1.75. The summed E-state index contributed by atoms with van der Waals surface area (Å²) in [6, 6.07) is 0. The molecular formula is C15H31O2Sn. The van der Waals surface area contributed by atoms with Crippen LogP contribution in [0.2, 0.25) is 10.3 Å². The van der Waals surface area contributed by atoms with Crippen LogP contribution in [-0.4, -0.2) is 30.8 Å². The molecule has 0 aliphatic carbocycles. The van der Waals surface area contributed by atoms with Gasteiger partial charge in [0, 0.05) is 6.08 Å². The number of aliphatic carboxylic acids is 1. The van der Waals surface area contributed by atoms with Gasteiger partial charge in [-0.15, -0.1) is 0 Å². The molecule has 0 aliphatic heterocycles. The maximum atomic E-state index is 9.25. The number of hydrogen-bond donors (Lipinski definition) is 1. The van der Waals surface area contributed by atoms with Gasteiger partial charge in [0.25, 0.3) is 0 Å². The Labute approximate surface area is 121 Å². The van der Waals surface area contributed by atoms with Crippen LogP contribution in [-0.2, 0) is 4.79 Å². The van der Waals surface area contributed by atoms with Crippen molar-refractivity contribution in [3.05, 3.63) is 12.7 Å². The molecule has 0 saturated carbocycles. The number of carbonyl (C=O) groups is 1. The number of hydrogen-bond acceptors (Lipinski definition) is 1. The Balaban J connectivity index is 0. The second-order valence-corrected chi connectivity index (χ2v) is 22.7. The van der Waals surface area contributed by atoms with E-state index in [1.165, 1.54) is 0 Å². The first-order chi connectivity index (χ1) is 7.64. The summed E-state index contributed by atoms with van der Waals surface area (Å²) in [5.41, 5.74) is 0. The average Bonchev–Trinajstić information content (AvgIpc) is 1.95. The first-order valence-electron chi connectivity index (χ1n) is 6.37. The van der Waals surface area contributed by atoms with Gasteiger partial charge in [-0.2, -0.15) is 0 Å². The normalized spacial score (nSPS) is 12.8. The third-order valence-corrected chi connectivity index (χ3v) is 15.3. The molecule has 0 atom stereocenters. The quantitative estimate of drug-likeness (QED) is 0.518. The zero-order valence-electron chi connectivity index (χ0n) is 13.6. The zero-order chi connectivity index (χ0) is 15.4. The fourth-order valence-electron chi connectivity index (χ4n) is 3.38. The van der Waals surface area contributed by atoms with Crippen molar-refractivity contribution >= 4 is 25.7 Å². The molecule has 3 heteroatoms. The van der Waals surface area contributed by atoms with Crippen molar-refractivity contribution < 1.29 is 9.90 Å². The fourth-order valence-corrected chi connectivity index (χ4v) is 22.6. The molecule has 0 aliphatic rings. The van der Waals surface area contributed by atoms with Gasteiger partial charge in [0.2, 0.25) is 0 Å². The van der Waals surface area contributed by atoms with Crippen LogP contribution in [0.5, 0.6) is 0 Å². The molecule has 0 aromatic heterocycles. The minimum atomic E-state index is -1.43. The standard InChI is InChI=1S/3C4H9.C3H4O2.Sn/c3*1-4(2)3;1-2-3(4)5;/h3*1-3H3;2H,1H2,(H,4,5);. The predicted octanol–water partition coefficient (Wildman–Crippen LogP) is 5.14. The van der Waals surface area contributed by atoms with Crippen molar-refractivity contribution in [2.75, 3.05) is 0 Å². The topological polar surface area (TPSA) is 37.3 Å². The van der Waals surface area contributed by atoms with Crippen molar-refractivity contribution in [1.82, 2.24) is 0 Å². The van der Waals surface area contributed by atoms with E-state index in [0.29, 0.717) is 10.3 Å². The summed E-state index contributed by atoms with van der Waals surface area (Å²) in [6.07, 6.45) is 0.833. The Morgan fingerprint density at radius 2 is 1.06 bits per heavy atom. The molecule has 0 aromatic carbocycles. The Morgan fingerprint density at radius 1 is 0.889 bits per heavy atom. The summed E-state index contributed by atoms with van der Waals surface area (Å²) in [5.74, 6) is -0.981. The third kappa shape index (κ3) is 9.01. The SMILES string of the molecule is C=CC(=O)O.C[C](C)(C)[Sn]([C](C)(C)C)[C](C)(C)C. The molecule has 1 N–H and O–H groups in total. The minimum absolute atomic E-state index is 0.582. The van der Waals surface area contributed by atoms with Gasteiger partial charge in [-0.3, -0.25) is 0 Å². The van der Waals surface area contributed by atoms with Crippen LogP contribution in [0.3, 0.4) is 0 Å². The van der Waals surface area contributed by atoms with E-state index in [2.05, 4.69) is 68.9 Å². The van der Waals surface area contributed by atoms with Crippen LogP contribution in [0.4, 0.5) is 0 Å². The van der Waals surface area contributed by atoms with E-state index in [9.17, 15) is 4.79 Å². The van der Waals surface area contributed by atoms with Gasteiger partial charge in [-0.25, -0.2) is 4.79 Å². The molecule has 18 heavy (non-hydrogen) atoms. The van der Waals surface area contributed by atoms with Crippen LogP contribution in [0.1, 0.15) is 62.3 Å². The van der Waals surface area contributed by atoms with Crippen molar-refractivity contribution in [1.29, 1.82) is 0 Å². The van der Waals surface area contributed by atoms with Gasteiger partial charge in [0.05, 0.1) is 0 Å². The van der Waals surface area contributed by atoms with E-state index in [1.54, 1.807) is 0 Å². The van der Waals surface area contributed by atoms with Gasteiger partial charge < -0.3 is 5.11 Å². The van der Waals surface area contributed by atoms with E-state index >= 15 is 0 Å². The van der Waals surface area contributed by atoms with Gasteiger partial charge in [0.1, 0.15) is 0 Å². The summed E-state index contributed by atoms with van der Waals surface area (Å²) in [4.78, 5) is 9.25. The first kappa shape index (κ1) is 20.3. The second-order valence-electron chi connectivity index (χ2n) is 7.67. The molecule has 0 bridgehead atoms. The predicted molar refractivity (Wildman–Crippen MR) is 82.7 cm³/mol. The molecule has 2 nitrogen and oxygen atoms in total. The van der Waals surface area contributed by atoms with Gasteiger partial charge in [0.15, 0.2) is 0 Å². The van der Waals surface area contributed by atoms with E-state index in [0.717, 1.165) is 6.08 Å². The van der Waals surface area contributed by atoms with Crippen LogP contribution in [0.15, 0.2) is 12.7 Å². The Hall–Kier alpha value is 0.00870. The molecule has 0 heterocycles. The first-order valence-corrected chi connectivity index (χ1v) is 10.7. The van der Waals surface area contributed by atoms with Crippen molar-refractivity contribution in [3.63, 3.8) is 0 Å². The second kappa shape index (κ2) is 6.97. The molecule has 0 unspecified atom stereocenters. The number of rotatable bonds is 1. The Bertz CT molecular complexity index is 241. The van der Waals surface area contributed by atoms with E-state index in [-0.39, 0.29) is 0 Å². The van der Waals surface area contributed by atoms with Crippen molar-refractivity contribution in [2.24, 2.45) is 0 Å². The fraction of sp³-hybridized carbons (Fsp3) is 0.800. The van der Waals surface area contributed by atoms with Crippen LogP contribution in [0, 0.1) is 0 Å². The van der Waals surface area contributed by atoms with E-state index in [1.807, 2.05) is 0 Å². The van der Waals surface area contributed by atoms with Gasteiger partial charge >= 0.3 is 98.3 Å². The molecule has 107 valence electrons. The number of carboxylic acids is 1. The summed E-state index contributed by atoms with van der Waals surface area (Å²) >= 11 is -1.43. The molecule has 0 fully saturated rings. The van der Waals surface area contributed by atoms with Gasteiger partial charge in [-0.1, -0.05) is 6.58 Å². The third-order valence-electron chi connectivity index (χ3n) is 2.42. The molecule has 0 saturated heterocycles. The Morgan fingerprint density at radius 3 is 1.06 bits per heavy atom. The van der Waals surface area contributed by atoms with Crippen molar-refractivity contribution in [2.45, 2.75) is 72.6 Å². The van der Waals surface area contributed by atoms with E-state index in [4.69, 9.17) is 5.11 Å². The van der Waals surface area contributed by atoms with Crippen LogP contribution in [0.25, 0.3) is 0 Å². The summed E-state index contributed by atoms with van der Waals surface area (Å²) in [7, 11) is 0. The molecule has 0 spiro atoms. The average molecular weight is 362 g/mol. The van der Waals surface area contributed by atoms with Crippen LogP contribution < -0.4 is 0 Å². The molecular weight excluding hydrogens is 331 g/mol. The number of carboxylic acid groups (broad SMARTS) is 1. The molecule has 0 amide bonds.